The quantitative estimate of drug-likeness (QED) is 0.180. The first kappa shape index (κ1) is 31.5. The largest absolute Gasteiger partial charge is 0.294 e. The van der Waals surface area contributed by atoms with Gasteiger partial charge in [0.05, 0.1) is 44.3 Å². The number of rotatable bonds is 4. The molecule has 12 aromatic rings. The van der Waals surface area contributed by atoms with Gasteiger partial charge >= 0.3 is 0 Å². The van der Waals surface area contributed by atoms with Crippen LogP contribution in [0.15, 0.2) is 176 Å². The molecule has 0 aliphatic heterocycles. The van der Waals surface area contributed by atoms with E-state index < -0.39 is 0 Å². The lowest BCUT2D eigenvalue weighted by molar-refractivity contribution is 0.941. The SMILES string of the molecule is C1=Cc2c(c3ccccc3n2-c2cccc(-n3c4ccccc4c4cc5c6ccccc6n(-c6cccc(-n7c8ccccc8c8ccccc87)n6)c5cc43)n2)CC1. The van der Waals surface area contributed by atoms with Crippen LogP contribution >= 0.6 is 0 Å². The fraction of sp³-hybridized carbons (Fsp3) is 0.0385. The van der Waals surface area contributed by atoms with Gasteiger partial charge < -0.3 is 0 Å². The molecule has 6 heteroatoms. The normalized spacial score (nSPS) is 13.0. The second kappa shape index (κ2) is 11.9. The van der Waals surface area contributed by atoms with E-state index in [2.05, 4.69) is 200 Å². The third-order valence-corrected chi connectivity index (χ3v) is 12.3. The Kier molecular flexibility index (Phi) is 6.46. The average molecular weight is 743 g/mol. The molecule has 6 nitrogen and oxygen atoms in total. The number of nitrogens with zero attached hydrogens (tertiary/aromatic N) is 6. The number of hydrogen-bond acceptors (Lipinski definition) is 2. The predicted octanol–water partition coefficient (Wildman–Crippen LogP) is 12.7. The first-order valence-electron chi connectivity index (χ1n) is 20.0. The van der Waals surface area contributed by atoms with Gasteiger partial charge in [0.2, 0.25) is 0 Å². The molecule has 0 unspecified atom stereocenters. The van der Waals surface area contributed by atoms with Crippen molar-refractivity contribution in [1.82, 2.24) is 28.2 Å². The van der Waals surface area contributed by atoms with Gasteiger partial charge in [-0.1, -0.05) is 109 Å². The Morgan fingerprint density at radius 2 is 0.707 bits per heavy atom. The second-order valence-corrected chi connectivity index (χ2v) is 15.3. The molecule has 0 saturated carbocycles. The van der Waals surface area contributed by atoms with Crippen LogP contribution in [0.5, 0.6) is 0 Å². The third-order valence-electron chi connectivity index (χ3n) is 12.3. The summed E-state index contributed by atoms with van der Waals surface area (Å²) in [5.74, 6) is 3.54. The van der Waals surface area contributed by atoms with E-state index in [1.54, 1.807) is 0 Å². The van der Waals surface area contributed by atoms with Crippen LogP contribution in [0.4, 0.5) is 0 Å². The molecule has 6 aromatic heterocycles. The first-order chi connectivity index (χ1) is 28.8. The number of para-hydroxylation sites is 5. The van der Waals surface area contributed by atoms with Crippen LogP contribution in [0, 0.1) is 0 Å². The van der Waals surface area contributed by atoms with Gasteiger partial charge in [0.1, 0.15) is 23.3 Å². The van der Waals surface area contributed by atoms with Crippen molar-refractivity contribution in [2.75, 3.05) is 0 Å². The molecular weight excluding hydrogens is 709 g/mol. The summed E-state index contributed by atoms with van der Waals surface area (Å²) in [4.78, 5) is 10.9. The standard InChI is InChI=1S/C52H34N6/c1-7-21-41-33(15-1)34-16-2-8-22-42(34)55(41)49-27-13-29-51(53-49)57-45-25-11-5-19-37(45)39-31-40-38-20-6-12-26-46(38)58(48(40)32-47(39)57)52-30-14-28-50(54-52)56-43-23-9-3-17-35(43)36-18-4-10-24-44(36)56/h1-3,5-17,19-32H,4,18H2. The van der Waals surface area contributed by atoms with Gasteiger partial charge in [-0.15, -0.1) is 0 Å². The van der Waals surface area contributed by atoms with Gasteiger partial charge in [-0.05, 0) is 91.2 Å². The molecule has 0 saturated heterocycles. The molecular formula is C52H34N6. The highest BCUT2D eigenvalue weighted by Crippen LogP contribution is 2.40. The Bertz CT molecular complexity index is 3650. The Hall–Kier alpha value is -7.70. The van der Waals surface area contributed by atoms with Crippen LogP contribution in [0.25, 0.3) is 106 Å². The summed E-state index contributed by atoms with van der Waals surface area (Å²) in [6.07, 6.45) is 6.65. The molecule has 6 aromatic carbocycles. The minimum Gasteiger partial charge on any atom is -0.294 e. The topological polar surface area (TPSA) is 45.5 Å². The van der Waals surface area contributed by atoms with E-state index in [0.29, 0.717) is 0 Å². The Balaban J connectivity index is 1.07. The smallest absolute Gasteiger partial charge is 0.140 e. The van der Waals surface area contributed by atoms with E-state index in [-0.39, 0.29) is 0 Å². The first-order valence-corrected chi connectivity index (χ1v) is 20.0. The van der Waals surface area contributed by atoms with Crippen molar-refractivity contribution in [3.8, 4) is 23.3 Å². The van der Waals surface area contributed by atoms with Crippen molar-refractivity contribution >= 4 is 82.4 Å². The van der Waals surface area contributed by atoms with E-state index in [4.69, 9.17) is 9.97 Å². The molecule has 13 rings (SSSR count). The molecule has 272 valence electrons. The minimum atomic E-state index is 0.866. The summed E-state index contributed by atoms with van der Waals surface area (Å²) in [5.41, 5.74) is 10.5. The molecule has 0 spiro atoms. The highest BCUT2D eigenvalue weighted by atomic mass is 15.2. The number of benzene rings is 6. The molecule has 0 amide bonds. The van der Waals surface area contributed by atoms with Crippen molar-refractivity contribution < 1.29 is 0 Å². The van der Waals surface area contributed by atoms with Crippen LogP contribution in [-0.2, 0) is 6.42 Å². The molecule has 1 aliphatic rings. The number of hydrogen-bond donors (Lipinski definition) is 0. The van der Waals surface area contributed by atoms with E-state index in [1.807, 2.05) is 0 Å². The zero-order valence-electron chi connectivity index (χ0n) is 31.4. The second-order valence-electron chi connectivity index (χ2n) is 15.3. The van der Waals surface area contributed by atoms with Gasteiger partial charge in [-0.3, -0.25) is 18.3 Å². The summed E-state index contributed by atoms with van der Waals surface area (Å²) in [6.45, 7) is 0. The maximum absolute atomic E-state index is 5.48. The monoisotopic (exact) mass is 742 g/mol. The van der Waals surface area contributed by atoms with Crippen molar-refractivity contribution in [2.24, 2.45) is 0 Å². The number of aryl methyl sites for hydroxylation is 1. The van der Waals surface area contributed by atoms with Crippen LogP contribution in [0.2, 0.25) is 0 Å². The highest BCUT2D eigenvalue weighted by Gasteiger charge is 2.22. The maximum atomic E-state index is 5.48. The summed E-state index contributed by atoms with van der Waals surface area (Å²) in [7, 11) is 0. The van der Waals surface area contributed by atoms with Crippen LogP contribution in [-0.4, -0.2) is 28.2 Å². The van der Waals surface area contributed by atoms with Crippen molar-refractivity contribution in [3.63, 3.8) is 0 Å². The highest BCUT2D eigenvalue weighted by molar-refractivity contribution is 6.19. The molecule has 0 N–H and O–H groups in total. The summed E-state index contributed by atoms with van der Waals surface area (Å²) >= 11 is 0. The van der Waals surface area contributed by atoms with Gasteiger partial charge in [0, 0.05) is 37.7 Å². The van der Waals surface area contributed by atoms with Gasteiger partial charge in [-0.2, -0.15) is 0 Å². The van der Waals surface area contributed by atoms with E-state index in [1.165, 1.54) is 54.5 Å². The van der Waals surface area contributed by atoms with E-state index >= 15 is 0 Å². The number of aromatic nitrogens is 6. The Labute approximate surface area is 332 Å². The average Bonchev–Trinajstić information content (AvgIpc) is 4.00. The summed E-state index contributed by atoms with van der Waals surface area (Å²) in [5, 5.41) is 8.51. The molecule has 0 atom stereocenters. The van der Waals surface area contributed by atoms with E-state index in [9.17, 15) is 0 Å². The van der Waals surface area contributed by atoms with Crippen LogP contribution in [0.3, 0.4) is 0 Å². The van der Waals surface area contributed by atoms with Crippen molar-refractivity contribution in [1.29, 1.82) is 0 Å². The Morgan fingerprint density at radius 3 is 1.19 bits per heavy atom. The maximum Gasteiger partial charge on any atom is 0.140 e. The third kappa shape index (κ3) is 4.31. The van der Waals surface area contributed by atoms with Gasteiger partial charge in [-0.25, -0.2) is 9.97 Å². The zero-order chi connectivity index (χ0) is 37.9. The Morgan fingerprint density at radius 1 is 0.328 bits per heavy atom. The van der Waals surface area contributed by atoms with Crippen molar-refractivity contribution in [3.05, 3.63) is 187 Å². The zero-order valence-corrected chi connectivity index (χ0v) is 31.4. The molecule has 6 heterocycles. The summed E-state index contributed by atoms with van der Waals surface area (Å²) in [6, 6.07) is 60.9. The number of fused-ring (bicyclic) bond motifs is 12. The van der Waals surface area contributed by atoms with Crippen LogP contribution < -0.4 is 0 Å². The molecule has 58 heavy (non-hydrogen) atoms. The predicted molar refractivity (Wildman–Crippen MR) is 239 cm³/mol. The minimum absolute atomic E-state index is 0.866. The van der Waals surface area contributed by atoms with E-state index in [0.717, 1.165) is 69.2 Å². The van der Waals surface area contributed by atoms with Crippen molar-refractivity contribution in [2.45, 2.75) is 12.8 Å². The molecule has 0 fully saturated rings. The lowest BCUT2D eigenvalue weighted by Crippen LogP contribution is -2.05. The molecule has 0 bridgehead atoms. The number of allylic oxidation sites excluding steroid dienone is 1. The lowest BCUT2D eigenvalue weighted by Gasteiger charge is -2.14. The lowest BCUT2D eigenvalue weighted by atomic mass is 10.0. The summed E-state index contributed by atoms with van der Waals surface area (Å²) < 4.78 is 9.30. The fourth-order valence-electron chi connectivity index (χ4n) is 9.85. The fourth-order valence-corrected chi connectivity index (χ4v) is 9.85. The number of pyridine rings is 2. The van der Waals surface area contributed by atoms with Gasteiger partial charge in [0.15, 0.2) is 0 Å². The van der Waals surface area contributed by atoms with Crippen LogP contribution in [0.1, 0.15) is 17.7 Å². The molecule has 0 radical (unpaired) electrons. The molecule has 1 aliphatic carbocycles. The van der Waals surface area contributed by atoms with Gasteiger partial charge in [0.25, 0.3) is 0 Å².